The molecule has 1 N–H and O–H groups in total. The van der Waals surface area contributed by atoms with E-state index in [0.29, 0.717) is 24.6 Å². The average molecular weight is 480 g/mol. The van der Waals surface area contributed by atoms with Gasteiger partial charge in [0.15, 0.2) is 5.43 Å². The molecule has 2 aromatic heterocycles. The summed E-state index contributed by atoms with van der Waals surface area (Å²) in [4.78, 5) is 31.5. The van der Waals surface area contributed by atoms with E-state index < -0.39 is 0 Å². The van der Waals surface area contributed by atoms with Gasteiger partial charge >= 0.3 is 0 Å². The van der Waals surface area contributed by atoms with Crippen LogP contribution in [-0.2, 0) is 6.42 Å². The van der Waals surface area contributed by atoms with Crippen molar-refractivity contribution in [3.63, 3.8) is 0 Å². The molecule has 2 aliphatic rings. The van der Waals surface area contributed by atoms with Gasteiger partial charge < -0.3 is 9.88 Å². The largest absolute Gasteiger partial charge is 0.350 e. The molecule has 33 heavy (non-hydrogen) atoms. The number of aryl methyl sites for hydroxylation is 1. The number of fused-ring (bicyclic) bond motifs is 3. The summed E-state index contributed by atoms with van der Waals surface area (Å²) in [5, 5.41) is 5.35. The van der Waals surface area contributed by atoms with Crippen LogP contribution in [0.3, 0.4) is 0 Å². The fraction of sp³-hybridized carbons (Fsp3) is 0.385. The Hall–Kier alpha value is -2.35. The van der Waals surface area contributed by atoms with E-state index in [9.17, 15) is 9.59 Å². The van der Waals surface area contributed by atoms with Crippen LogP contribution in [0, 0.1) is 6.92 Å². The number of carbonyl (C=O) groups is 1. The maximum absolute atomic E-state index is 13.5. The molecule has 4 heterocycles. The third-order valence-electron chi connectivity index (χ3n) is 6.74. The Morgan fingerprint density at radius 2 is 2.06 bits per heavy atom. The molecular formula is C26H29N3O2S2. The molecule has 1 saturated heterocycles. The molecule has 2 atom stereocenters. The second kappa shape index (κ2) is 9.49. The fourth-order valence-corrected chi connectivity index (χ4v) is 7.35. The SMILES string of the molecule is CCN1CCC[C@@H]1CNC(=O)c1c2n(c(C)cc1=O)-c1ccccc1S[C@H](c1cccs1)C2. The molecule has 7 heteroatoms. The van der Waals surface area contributed by atoms with E-state index in [2.05, 4.69) is 57.4 Å². The smallest absolute Gasteiger partial charge is 0.257 e. The van der Waals surface area contributed by atoms with Gasteiger partial charge in [-0.2, -0.15) is 0 Å². The summed E-state index contributed by atoms with van der Waals surface area (Å²) in [5.41, 5.74) is 2.81. The Morgan fingerprint density at radius 3 is 2.85 bits per heavy atom. The maximum atomic E-state index is 13.5. The molecule has 1 aromatic carbocycles. The van der Waals surface area contributed by atoms with Crippen molar-refractivity contribution in [3.05, 3.63) is 79.9 Å². The van der Waals surface area contributed by atoms with E-state index in [1.165, 1.54) is 4.88 Å². The monoisotopic (exact) mass is 479 g/mol. The van der Waals surface area contributed by atoms with Crippen molar-refractivity contribution >= 4 is 29.0 Å². The summed E-state index contributed by atoms with van der Waals surface area (Å²) in [7, 11) is 0. The van der Waals surface area contributed by atoms with Crippen LogP contribution in [0.15, 0.2) is 57.5 Å². The number of pyridine rings is 1. The first-order valence-corrected chi connectivity index (χ1v) is 13.4. The minimum Gasteiger partial charge on any atom is -0.350 e. The van der Waals surface area contributed by atoms with Crippen molar-refractivity contribution in [2.75, 3.05) is 19.6 Å². The van der Waals surface area contributed by atoms with Crippen molar-refractivity contribution in [2.24, 2.45) is 0 Å². The molecular weight excluding hydrogens is 450 g/mol. The number of thiophene rings is 1. The molecule has 0 saturated carbocycles. The van der Waals surface area contributed by atoms with E-state index in [1.807, 2.05) is 24.8 Å². The standard InChI is InChI=1S/C26H29N3O2S2/c1-3-28-12-6-8-18(28)16-27-26(31)25-20-15-24(23-11-7-13-32-23)33-22-10-5-4-9-19(22)29(20)17(2)14-21(25)30/h4-5,7,9-11,13-14,18,24H,3,6,8,12,15-16H2,1-2H3,(H,27,31)/t18-,24+/m1/s1. The molecule has 5 rings (SSSR count). The van der Waals surface area contributed by atoms with Gasteiger partial charge in [0.1, 0.15) is 5.56 Å². The summed E-state index contributed by atoms with van der Waals surface area (Å²) in [5.74, 6) is -0.249. The summed E-state index contributed by atoms with van der Waals surface area (Å²) >= 11 is 3.54. The van der Waals surface area contributed by atoms with Crippen molar-refractivity contribution < 1.29 is 4.79 Å². The lowest BCUT2D eigenvalue weighted by Gasteiger charge is -2.24. The van der Waals surface area contributed by atoms with Gasteiger partial charge in [-0.3, -0.25) is 14.5 Å². The van der Waals surface area contributed by atoms with Gasteiger partial charge in [0.25, 0.3) is 5.91 Å². The Morgan fingerprint density at radius 1 is 1.21 bits per heavy atom. The quantitative estimate of drug-likeness (QED) is 0.571. The third kappa shape index (κ3) is 4.29. The molecule has 0 unspecified atom stereocenters. The Kier molecular flexibility index (Phi) is 6.45. The summed E-state index contributed by atoms with van der Waals surface area (Å²) in [6.07, 6.45) is 2.88. The van der Waals surface area contributed by atoms with Gasteiger partial charge in [0.2, 0.25) is 0 Å². The minimum absolute atomic E-state index is 0.151. The molecule has 0 bridgehead atoms. The van der Waals surface area contributed by atoms with Gasteiger partial charge in [-0.1, -0.05) is 25.1 Å². The van der Waals surface area contributed by atoms with Gasteiger partial charge in [-0.05, 0) is 56.4 Å². The highest BCUT2D eigenvalue weighted by Gasteiger charge is 2.30. The van der Waals surface area contributed by atoms with Gasteiger partial charge in [0, 0.05) is 51.5 Å². The second-order valence-corrected chi connectivity index (χ2v) is 11.0. The number of aromatic nitrogens is 1. The van der Waals surface area contributed by atoms with Crippen LogP contribution in [0.25, 0.3) is 5.69 Å². The number of carbonyl (C=O) groups excluding carboxylic acids is 1. The number of nitrogens with one attached hydrogen (secondary N) is 1. The predicted octanol–water partition coefficient (Wildman–Crippen LogP) is 4.81. The number of hydrogen-bond donors (Lipinski definition) is 1. The fourth-order valence-electron chi connectivity index (χ4n) is 5.15. The van der Waals surface area contributed by atoms with E-state index in [1.54, 1.807) is 17.4 Å². The van der Waals surface area contributed by atoms with Crippen molar-refractivity contribution in [2.45, 2.75) is 49.3 Å². The summed E-state index contributed by atoms with van der Waals surface area (Å²) in [6, 6.07) is 14.5. The van der Waals surface area contributed by atoms with Crippen molar-refractivity contribution in [3.8, 4) is 5.69 Å². The first-order valence-electron chi connectivity index (χ1n) is 11.6. The highest BCUT2D eigenvalue weighted by Crippen LogP contribution is 2.45. The molecule has 0 spiro atoms. The van der Waals surface area contributed by atoms with Crippen molar-refractivity contribution in [1.29, 1.82) is 0 Å². The number of nitrogens with zero attached hydrogens (tertiary/aromatic N) is 2. The van der Waals surface area contributed by atoms with E-state index >= 15 is 0 Å². The Labute approximate surface area is 202 Å². The number of likely N-dealkylation sites (tertiary alicyclic amines) is 1. The Balaban J connectivity index is 1.57. The van der Waals surface area contributed by atoms with Crippen LogP contribution in [-0.4, -0.2) is 41.1 Å². The predicted molar refractivity (Wildman–Crippen MR) is 136 cm³/mol. The number of hydrogen-bond acceptors (Lipinski definition) is 5. The van der Waals surface area contributed by atoms with E-state index in [-0.39, 0.29) is 16.6 Å². The lowest BCUT2D eigenvalue weighted by molar-refractivity contribution is 0.0938. The summed E-state index contributed by atoms with van der Waals surface area (Å²) in [6.45, 7) is 6.76. The zero-order valence-corrected chi connectivity index (χ0v) is 20.7. The number of benzene rings is 1. The molecule has 1 amide bonds. The highest BCUT2D eigenvalue weighted by atomic mass is 32.2. The first kappa shape index (κ1) is 22.4. The number of rotatable bonds is 5. The van der Waals surface area contributed by atoms with Gasteiger partial charge in [0.05, 0.1) is 5.69 Å². The van der Waals surface area contributed by atoms with Crippen LogP contribution in [0.5, 0.6) is 0 Å². The lowest BCUT2D eigenvalue weighted by atomic mass is 10.0. The topological polar surface area (TPSA) is 54.3 Å². The van der Waals surface area contributed by atoms with E-state index in [4.69, 9.17) is 0 Å². The van der Waals surface area contributed by atoms with Crippen LogP contribution >= 0.6 is 23.1 Å². The molecule has 172 valence electrons. The lowest BCUT2D eigenvalue weighted by Crippen LogP contribution is -2.41. The first-order chi connectivity index (χ1) is 16.1. The number of amides is 1. The van der Waals surface area contributed by atoms with Crippen molar-refractivity contribution in [1.82, 2.24) is 14.8 Å². The molecule has 5 nitrogen and oxygen atoms in total. The average Bonchev–Trinajstić information content (AvgIpc) is 3.47. The van der Waals surface area contributed by atoms with Crippen LogP contribution in [0.2, 0.25) is 0 Å². The number of thioether (sulfide) groups is 1. The van der Waals surface area contributed by atoms with Gasteiger partial charge in [-0.15, -0.1) is 23.1 Å². The van der Waals surface area contributed by atoms with Crippen LogP contribution in [0.4, 0.5) is 0 Å². The summed E-state index contributed by atoms with van der Waals surface area (Å²) < 4.78 is 2.13. The number of likely N-dealkylation sites (N-methyl/N-ethyl adjacent to an activating group) is 1. The Bertz CT molecular complexity index is 1220. The van der Waals surface area contributed by atoms with Crippen LogP contribution < -0.4 is 10.7 Å². The molecule has 2 aliphatic heterocycles. The second-order valence-electron chi connectivity index (χ2n) is 8.74. The maximum Gasteiger partial charge on any atom is 0.257 e. The van der Waals surface area contributed by atoms with Crippen LogP contribution in [0.1, 0.15) is 51.6 Å². The molecule has 0 aliphatic carbocycles. The highest BCUT2D eigenvalue weighted by molar-refractivity contribution is 7.99. The molecule has 0 radical (unpaired) electrons. The van der Waals surface area contributed by atoms with E-state index in [0.717, 1.165) is 47.9 Å². The molecule has 3 aromatic rings. The zero-order valence-electron chi connectivity index (χ0n) is 19.0. The molecule has 1 fully saturated rings. The normalized spacial score (nSPS) is 20.2. The number of para-hydroxylation sites is 1. The van der Waals surface area contributed by atoms with Gasteiger partial charge in [-0.25, -0.2) is 0 Å². The minimum atomic E-state index is -0.249. The zero-order chi connectivity index (χ0) is 22.9. The third-order valence-corrected chi connectivity index (χ3v) is 9.18.